The normalized spacial score (nSPS) is 11.6. The van der Waals surface area contributed by atoms with E-state index in [1.807, 2.05) is 12.1 Å². The Morgan fingerprint density at radius 1 is 0.714 bits per heavy atom. The summed E-state index contributed by atoms with van der Waals surface area (Å²) in [5.74, 6) is 0. The summed E-state index contributed by atoms with van der Waals surface area (Å²) in [7, 11) is 0. The van der Waals surface area contributed by atoms with E-state index in [1.54, 1.807) is 50.2 Å². The molecule has 0 spiro atoms. The molecule has 0 aliphatic rings. The second-order valence-electron chi connectivity index (χ2n) is 9.23. The zero-order valence-corrected chi connectivity index (χ0v) is 20.0. The first-order valence-electron chi connectivity index (χ1n) is 11.1. The molecule has 0 bridgehead atoms. The number of carbonyl (C=O) groups is 2. The van der Waals surface area contributed by atoms with Crippen molar-refractivity contribution < 1.29 is 39.5 Å². The number of rotatable bonds is 12. The fourth-order valence-electron chi connectivity index (χ4n) is 2.82. The highest BCUT2D eigenvalue weighted by atomic mass is 16.6. The van der Waals surface area contributed by atoms with Crippen LogP contribution in [0, 0.1) is 10.8 Å². The van der Waals surface area contributed by atoms with Crippen LogP contribution in [0.25, 0.3) is 0 Å². The Labute approximate surface area is 204 Å². The highest BCUT2D eigenvalue weighted by molar-refractivity contribution is 5.85. The minimum atomic E-state index is -0.915. The number of hydrogen-bond acceptors (Lipinski definition) is 8. The molecule has 2 aromatic carbocycles. The maximum Gasteiger partial charge on any atom is 0.411 e. The fraction of sp³-hybridized carbons (Fsp3) is 0.440. The van der Waals surface area contributed by atoms with E-state index in [1.165, 1.54) is 0 Å². The summed E-state index contributed by atoms with van der Waals surface area (Å²) in [5, 5.41) is 42.4. The van der Waals surface area contributed by atoms with E-state index in [-0.39, 0.29) is 39.6 Å². The number of benzene rings is 2. The Kier molecular flexibility index (Phi) is 10.5. The molecule has 0 saturated heterocycles. The number of amides is 2. The predicted octanol–water partition coefficient (Wildman–Crippen LogP) is 2.36. The molecule has 6 N–H and O–H groups in total. The number of anilines is 2. The van der Waals surface area contributed by atoms with Crippen molar-refractivity contribution in [1.29, 1.82) is 0 Å². The molecule has 0 aliphatic carbocycles. The number of aliphatic hydroxyl groups excluding tert-OH is 4. The van der Waals surface area contributed by atoms with Gasteiger partial charge in [0.05, 0.1) is 26.4 Å². The highest BCUT2D eigenvalue weighted by Gasteiger charge is 2.25. The molecule has 0 fully saturated rings. The molecule has 0 atom stereocenters. The molecule has 0 heterocycles. The van der Waals surface area contributed by atoms with Crippen LogP contribution < -0.4 is 10.6 Å². The average molecular weight is 491 g/mol. The maximum atomic E-state index is 12.1. The maximum absolute atomic E-state index is 12.1. The van der Waals surface area contributed by atoms with E-state index in [0.717, 1.165) is 11.1 Å². The van der Waals surface area contributed by atoms with E-state index in [0.29, 0.717) is 17.8 Å². The molecule has 0 saturated carbocycles. The molecule has 0 unspecified atom stereocenters. The van der Waals surface area contributed by atoms with Crippen molar-refractivity contribution in [3.8, 4) is 0 Å². The van der Waals surface area contributed by atoms with Gasteiger partial charge in [-0.3, -0.25) is 10.6 Å². The van der Waals surface area contributed by atoms with Crippen LogP contribution in [0.1, 0.15) is 25.0 Å². The van der Waals surface area contributed by atoms with E-state index < -0.39 is 23.0 Å². The van der Waals surface area contributed by atoms with Crippen LogP contribution in [-0.4, -0.2) is 72.3 Å². The van der Waals surface area contributed by atoms with Crippen LogP contribution in [-0.2, 0) is 15.9 Å². The average Bonchev–Trinajstić information content (AvgIpc) is 2.86. The van der Waals surface area contributed by atoms with Gasteiger partial charge in [-0.15, -0.1) is 0 Å². The minimum Gasteiger partial charge on any atom is -0.449 e. The first-order valence-corrected chi connectivity index (χ1v) is 11.1. The first-order chi connectivity index (χ1) is 16.6. The fourth-order valence-corrected chi connectivity index (χ4v) is 2.82. The molecule has 10 heteroatoms. The molecule has 2 aromatic rings. The second kappa shape index (κ2) is 13.1. The van der Waals surface area contributed by atoms with Gasteiger partial charge in [-0.05, 0) is 41.8 Å². The Morgan fingerprint density at radius 2 is 1.09 bits per heavy atom. The molecule has 10 nitrogen and oxygen atoms in total. The van der Waals surface area contributed by atoms with Crippen LogP contribution in [0.15, 0.2) is 48.5 Å². The van der Waals surface area contributed by atoms with E-state index in [4.69, 9.17) is 9.47 Å². The molecule has 35 heavy (non-hydrogen) atoms. The van der Waals surface area contributed by atoms with Gasteiger partial charge in [0.15, 0.2) is 0 Å². The van der Waals surface area contributed by atoms with Crippen LogP contribution >= 0.6 is 0 Å². The Hall–Kier alpha value is -3.18. The Morgan fingerprint density at radius 3 is 1.43 bits per heavy atom. The summed E-state index contributed by atoms with van der Waals surface area (Å²) < 4.78 is 10.2. The van der Waals surface area contributed by atoms with Gasteiger partial charge in [0.2, 0.25) is 0 Å². The Bertz CT molecular complexity index is 896. The molecule has 2 rings (SSSR count). The summed E-state index contributed by atoms with van der Waals surface area (Å²) in [5.41, 5.74) is 1.02. The zero-order valence-electron chi connectivity index (χ0n) is 20.0. The predicted molar refractivity (Wildman–Crippen MR) is 130 cm³/mol. The van der Waals surface area contributed by atoms with Gasteiger partial charge in [-0.25, -0.2) is 9.59 Å². The van der Waals surface area contributed by atoms with Crippen molar-refractivity contribution in [3.05, 3.63) is 59.7 Å². The van der Waals surface area contributed by atoms with Crippen molar-refractivity contribution in [2.45, 2.75) is 20.3 Å². The SMILES string of the molecule is CC(CO)(CO)COC(=O)Nc1cccc(Cc2cccc(NC(=O)OCC(C)(CO)CO)c2)c1. The van der Waals surface area contributed by atoms with E-state index in [9.17, 15) is 30.0 Å². The van der Waals surface area contributed by atoms with Crippen LogP contribution in [0.4, 0.5) is 21.0 Å². The van der Waals surface area contributed by atoms with E-state index >= 15 is 0 Å². The lowest BCUT2D eigenvalue weighted by Gasteiger charge is -2.23. The van der Waals surface area contributed by atoms with Gasteiger partial charge in [0.1, 0.15) is 13.2 Å². The summed E-state index contributed by atoms with van der Waals surface area (Å²) in [4.78, 5) is 24.2. The van der Waals surface area contributed by atoms with E-state index in [2.05, 4.69) is 10.6 Å². The van der Waals surface area contributed by atoms with Crippen LogP contribution in [0.3, 0.4) is 0 Å². The molecule has 2 amide bonds. The molecule has 0 radical (unpaired) electrons. The van der Waals surface area contributed by atoms with Crippen LogP contribution in [0.2, 0.25) is 0 Å². The van der Waals surface area contributed by atoms with Crippen molar-refractivity contribution >= 4 is 23.6 Å². The van der Waals surface area contributed by atoms with Gasteiger partial charge >= 0.3 is 12.2 Å². The van der Waals surface area contributed by atoms with Crippen molar-refractivity contribution in [2.75, 3.05) is 50.3 Å². The lowest BCUT2D eigenvalue weighted by atomic mass is 9.95. The zero-order chi connectivity index (χ0) is 25.9. The van der Waals surface area contributed by atoms with Gasteiger partial charge in [-0.1, -0.05) is 38.1 Å². The van der Waals surface area contributed by atoms with Crippen LogP contribution in [0.5, 0.6) is 0 Å². The standard InChI is InChI=1S/C25H34N2O8/c1-24(12-28,13-29)16-34-22(32)26-20-7-3-5-18(10-20)9-19-6-4-8-21(11-19)27-23(33)35-17-25(2,14-30)15-31/h3-8,10-11,28-31H,9,12-17H2,1-2H3,(H,26,32)(H,27,33). The molecular formula is C25H34N2O8. The second-order valence-corrected chi connectivity index (χ2v) is 9.23. The largest absolute Gasteiger partial charge is 0.449 e. The van der Waals surface area contributed by atoms with Crippen molar-refractivity contribution in [2.24, 2.45) is 10.8 Å². The van der Waals surface area contributed by atoms with Crippen molar-refractivity contribution in [3.63, 3.8) is 0 Å². The molecule has 192 valence electrons. The molecule has 0 aromatic heterocycles. The topological polar surface area (TPSA) is 158 Å². The first kappa shape index (κ1) is 28.1. The Balaban J connectivity index is 1.94. The lowest BCUT2D eigenvalue weighted by molar-refractivity contribution is 0.0130. The number of carbonyl (C=O) groups excluding carboxylic acids is 2. The minimum absolute atomic E-state index is 0.132. The summed E-state index contributed by atoms with van der Waals surface area (Å²) in [6.45, 7) is 1.67. The summed E-state index contributed by atoms with van der Waals surface area (Å²) in [6.07, 6.45) is -0.869. The third-order valence-corrected chi connectivity index (χ3v) is 5.39. The van der Waals surface area contributed by atoms with Crippen molar-refractivity contribution in [1.82, 2.24) is 0 Å². The highest BCUT2D eigenvalue weighted by Crippen LogP contribution is 2.20. The number of aliphatic hydroxyl groups is 4. The summed E-state index contributed by atoms with van der Waals surface area (Å²) in [6, 6.07) is 14.4. The quantitative estimate of drug-likeness (QED) is 0.265. The smallest absolute Gasteiger partial charge is 0.411 e. The summed E-state index contributed by atoms with van der Waals surface area (Å²) >= 11 is 0. The lowest BCUT2D eigenvalue weighted by Crippen LogP contribution is -2.33. The molecular weight excluding hydrogens is 456 g/mol. The van der Waals surface area contributed by atoms with Gasteiger partial charge in [0.25, 0.3) is 0 Å². The number of hydrogen-bond donors (Lipinski definition) is 6. The third kappa shape index (κ3) is 9.18. The number of nitrogens with one attached hydrogen (secondary N) is 2. The van der Waals surface area contributed by atoms with Gasteiger partial charge in [-0.2, -0.15) is 0 Å². The molecule has 0 aliphatic heterocycles. The van der Waals surface area contributed by atoms with Gasteiger partial charge in [0, 0.05) is 22.2 Å². The van der Waals surface area contributed by atoms with Gasteiger partial charge < -0.3 is 29.9 Å². The third-order valence-electron chi connectivity index (χ3n) is 5.39. The monoisotopic (exact) mass is 490 g/mol. The number of ether oxygens (including phenoxy) is 2.